The smallest absolute Gasteiger partial charge is 0.147 e. The van der Waals surface area contributed by atoms with Crippen LogP contribution in [0.15, 0.2) is 0 Å². The second-order valence-electron chi connectivity index (χ2n) is 1.05. The highest BCUT2D eigenvalue weighted by atomic mass is 32.2. The molecular weight excluding hydrogens is 116 g/mol. The monoisotopic (exact) mass is 122 g/mol. The summed E-state index contributed by atoms with van der Waals surface area (Å²) >= 11 is 5.77. The van der Waals surface area contributed by atoms with Crippen LogP contribution in [-0.2, 0) is 4.74 Å². The summed E-state index contributed by atoms with van der Waals surface area (Å²) in [4.78, 5) is 0. The number of hydrogen-bond acceptors (Lipinski definition) is 3. The van der Waals surface area contributed by atoms with Crippen molar-refractivity contribution in [1.29, 1.82) is 0 Å². The average Bonchev–Trinajstić information content (AvgIpc) is 1.86. The van der Waals surface area contributed by atoms with Gasteiger partial charge in [-0.3, -0.25) is 0 Å². The molecule has 0 aromatic rings. The summed E-state index contributed by atoms with van der Waals surface area (Å²) in [5, 5.41) is 0. The van der Waals surface area contributed by atoms with Crippen LogP contribution in [0.3, 0.4) is 0 Å². The number of thiol groups is 1. The highest BCUT2D eigenvalue weighted by molar-refractivity contribution is 8.10. The molecule has 0 N–H and O–H groups in total. The number of thioether (sulfide) groups is 1. The fourth-order valence-corrected chi connectivity index (χ4v) is 1.35. The Morgan fingerprint density at radius 3 is 2.83 bits per heavy atom. The third-order valence-corrected chi connectivity index (χ3v) is 2.02. The summed E-state index contributed by atoms with van der Waals surface area (Å²) in [6.45, 7) is 0.874. The molecule has 1 atom stereocenters. The highest BCUT2D eigenvalue weighted by Crippen LogP contribution is 2.21. The molecule has 0 spiro atoms. The van der Waals surface area contributed by atoms with Gasteiger partial charge in [0.25, 0.3) is 0 Å². The Kier molecular flexibility index (Phi) is 1.68. The fourth-order valence-electron chi connectivity index (χ4n) is 0.346. The number of hydrogen-bond donors (Lipinski definition) is 1. The molecule has 0 radical (unpaired) electrons. The molecule has 1 aliphatic rings. The third-order valence-electron chi connectivity index (χ3n) is 0.604. The van der Waals surface area contributed by atoms with Gasteiger partial charge in [-0.15, -0.1) is 24.4 Å². The van der Waals surface area contributed by atoms with Gasteiger partial charge in [0.15, 0.2) is 0 Å². The van der Waals surface area contributed by atoms with Gasteiger partial charge in [-0.25, -0.2) is 0 Å². The summed E-state index contributed by atoms with van der Waals surface area (Å²) in [7, 11) is 0. The molecule has 1 unspecified atom stereocenters. The van der Waals surface area contributed by atoms with Crippen molar-refractivity contribution in [2.24, 2.45) is 0 Å². The first-order chi connectivity index (χ1) is 2.89. The van der Waals surface area contributed by atoms with Gasteiger partial charge in [0, 0.05) is 5.75 Å². The minimum Gasteiger partial charge on any atom is -0.357 e. The zero-order valence-electron chi connectivity index (χ0n) is 3.26. The minimum atomic E-state index is 0.157. The fraction of sp³-hybridized carbons (Fsp3) is 1.00. The molecule has 0 aliphatic carbocycles. The normalized spacial score (nSPS) is 34.5. The maximum Gasteiger partial charge on any atom is 0.147 e. The van der Waals surface area contributed by atoms with Crippen molar-refractivity contribution in [3.63, 3.8) is 0 Å². The molecule has 1 saturated heterocycles. The Balaban J connectivity index is 2.18. The van der Waals surface area contributed by atoms with E-state index < -0.39 is 0 Å². The Hall–Kier alpha value is 0.660. The summed E-state index contributed by atoms with van der Waals surface area (Å²) in [5.41, 5.74) is 0. The second-order valence-corrected chi connectivity index (χ2v) is 3.04. The van der Waals surface area contributed by atoms with Crippen LogP contribution in [0.2, 0.25) is 0 Å². The molecule has 36 valence electrons. The maximum absolute atomic E-state index is 4.98. The van der Waals surface area contributed by atoms with Crippen LogP contribution in [0.25, 0.3) is 0 Å². The molecule has 0 aromatic heterocycles. The molecule has 0 amide bonds. The van der Waals surface area contributed by atoms with Crippen molar-refractivity contribution in [3.8, 4) is 0 Å². The highest BCUT2D eigenvalue weighted by Gasteiger charge is 2.08. The molecule has 0 saturated carbocycles. The van der Waals surface area contributed by atoms with Gasteiger partial charge in [-0.2, -0.15) is 0 Å². The van der Waals surface area contributed by atoms with E-state index in [1.807, 2.05) is 0 Å². The number of rotatable bonds is 0. The molecule has 1 fully saturated rings. The zero-order chi connectivity index (χ0) is 4.41. The summed E-state index contributed by atoms with van der Waals surface area (Å²) in [6.07, 6.45) is 0. The van der Waals surface area contributed by atoms with Crippen LogP contribution < -0.4 is 0 Å². The predicted octanol–water partition coefficient (Wildman–Crippen LogP) is 0.963. The maximum atomic E-state index is 4.98. The van der Waals surface area contributed by atoms with Gasteiger partial charge in [-0.05, 0) is 0 Å². The van der Waals surface area contributed by atoms with E-state index in [9.17, 15) is 0 Å². The van der Waals surface area contributed by atoms with Gasteiger partial charge in [0.1, 0.15) is 4.77 Å². The van der Waals surface area contributed by atoms with Crippen molar-refractivity contribution in [2.75, 3.05) is 12.4 Å². The van der Waals surface area contributed by atoms with E-state index >= 15 is 0 Å². The lowest BCUT2D eigenvalue weighted by Crippen LogP contribution is -1.87. The lowest BCUT2D eigenvalue weighted by molar-refractivity contribution is 0.198. The molecular formula is C3H6OS2. The van der Waals surface area contributed by atoms with Crippen molar-refractivity contribution >= 4 is 24.4 Å². The van der Waals surface area contributed by atoms with Crippen molar-refractivity contribution in [2.45, 2.75) is 4.77 Å². The predicted molar refractivity (Wildman–Crippen MR) is 31.2 cm³/mol. The Labute approximate surface area is 46.9 Å². The van der Waals surface area contributed by atoms with Crippen molar-refractivity contribution in [1.82, 2.24) is 0 Å². The summed E-state index contributed by atoms with van der Waals surface area (Å²) < 4.78 is 5.14. The van der Waals surface area contributed by atoms with Gasteiger partial charge in [0.2, 0.25) is 0 Å². The Morgan fingerprint density at radius 1 is 1.83 bits per heavy atom. The standard InChI is InChI=1S/C3H6OS2/c5-3-4-1-2-6-3/h3,5H,1-2H2. The van der Waals surface area contributed by atoms with E-state index in [2.05, 4.69) is 12.6 Å². The van der Waals surface area contributed by atoms with Crippen molar-refractivity contribution < 1.29 is 4.74 Å². The van der Waals surface area contributed by atoms with Gasteiger partial charge >= 0.3 is 0 Å². The van der Waals surface area contributed by atoms with Crippen LogP contribution in [0.5, 0.6) is 0 Å². The SMILES string of the molecule is SC1OCCS1. The van der Waals surface area contributed by atoms with E-state index in [1.54, 1.807) is 11.8 Å². The first-order valence-corrected chi connectivity index (χ1v) is 3.37. The molecule has 3 heteroatoms. The Bertz CT molecular complexity index is 42.1. The Morgan fingerprint density at radius 2 is 2.67 bits per heavy atom. The van der Waals surface area contributed by atoms with Crippen molar-refractivity contribution in [3.05, 3.63) is 0 Å². The molecule has 1 heterocycles. The van der Waals surface area contributed by atoms with Crippen LogP contribution in [-0.4, -0.2) is 17.1 Å². The van der Waals surface area contributed by atoms with Crippen LogP contribution in [0.4, 0.5) is 0 Å². The van der Waals surface area contributed by atoms with Gasteiger partial charge < -0.3 is 4.74 Å². The van der Waals surface area contributed by atoms with E-state index in [0.717, 1.165) is 12.4 Å². The molecule has 0 aromatic carbocycles. The third kappa shape index (κ3) is 1.06. The van der Waals surface area contributed by atoms with Gasteiger partial charge in [0.05, 0.1) is 6.61 Å². The molecule has 1 aliphatic heterocycles. The largest absolute Gasteiger partial charge is 0.357 e. The van der Waals surface area contributed by atoms with Crippen LogP contribution >= 0.6 is 24.4 Å². The van der Waals surface area contributed by atoms with Crippen LogP contribution in [0.1, 0.15) is 0 Å². The second kappa shape index (κ2) is 2.09. The van der Waals surface area contributed by atoms with Crippen LogP contribution in [0, 0.1) is 0 Å². The summed E-state index contributed by atoms with van der Waals surface area (Å²) in [6, 6.07) is 0. The van der Waals surface area contributed by atoms with E-state index in [1.165, 1.54) is 0 Å². The first-order valence-electron chi connectivity index (χ1n) is 1.81. The first kappa shape index (κ1) is 4.81. The lowest BCUT2D eigenvalue weighted by atomic mass is 10.9. The lowest BCUT2D eigenvalue weighted by Gasteiger charge is -1.92. The topological polar surface area (TPSA) is 9.23 Å². The van der Waals surface area contributed by atoms with Gasteiger partial charge in [-0.1, -0.05) is 0 Å². The minimum absolute atomic E-state index is 0.157. The molecule has 6 heavy (non-hydrogen) atoms. The molecule has 0 bridgehead atoms. The number of ether oxygens (including phenoxy) is 1. The average molecular weight is 122 g/mol. The molecule has 1 nitrogen and oxygen atoms in total. The van der Waals surface area contributed by atoms with E-state index in [0.29, 0.717) is 0 Å². The summed E-state index contributed by atoms with van der Waals surface area (Å²) in [5.74, 6) is 1.11. The van der Waals surface area contributed by atoms with E-state index in [-0.39, 0.29) is 4.77 Å². The molecule has 1 rings (SSSR count). The zero-order valence-corrected chi connectivity index (χ0v) is 4.97. The van der Waals surface area contributed by atoms with E-state index in [4.69, 9.17) is 4.74 Å². The quantitative estimate of drug-likeness (QED) is 0.479.